The lowest BCUT2D eigenvalue weighted by Crippen LogP contribution is -2.09. The molecule has 6 heteroatoms. The Bertz CT molecular complexity index is 302. The van der Waals surface area contributed by atoms with Crippen molar-refractivity contribution in [1.82, 2.24) is 0 Å². The van der Waals surface area contributed by atoms with Crippen molar-refractivity contribution < 1.29 is 14.8 Å². The van der Waals surface area contributed by atoms with E-state index < -0.39 is 27.2 Å². The van der Waals surface area contributed by atoms with E-state index in [0.717, 1.165) is 6.08 Å². The van der Waals surface area contributed by atoms with Crippen molar-refractivity contribution in [2.45, 2.75) is 0 Å². The van der Waals surface area contributed by atoms with Gasteiger partial charge in [0.15, 0.2) is 0 Å². The van der Waals surface area contributed by atoms with Crippen LogP contribution in [0.3, 0.4) is 0 Å². The molecule has 13 heavy (non-hydrogen) atoms. The number of nitrogens with zero attached hydrogens (tertiary/aromatic N) is 1. The summed E-state index contributed by atoms with van der Waals surface area (Å²) in [5.74, 6) is -1.47. The first-order valence-electron chi connectivity index (χ1n) is 3.01. The highest BCUT2D eigenvalue weighted by molar-refractivity contribution is 6.31. The van der Waals surface area contributed by atoms with Gasteiger partial charge in [-0.05, 0) is 6.08 Å². The van der Waals surface area contributed by atoms with Crippen LogP contribution in [0.15, 0.2) is 35.5 Å². The minimum Gasteiger partial charge on any atom is -0.477 e. The van der Waals surface area contributed by atoms with Crippen molar-refractivity contribution in [3.8, 4) is 0 Å². The molecule has 0 amide bonds. The predicted molar refractivity (Wildman–Crippen MR) is 46.8 cm³/mol. The highest BCUT2D eigenvalue weighted by atomic mass is 35.5. The Kier molecular flexibility index (Phi) is 3.87. The number of halogens is 1. The molecule has 5 nitrogen and oxygen atoms in total. The number of allylic oxidation sites excluding steroid dienone is 1. The summed E-state index contributed by atoms with van der Waals surface area (Å²) < 4.78 is 0. The maximum Gasteiger partial charge on any atom is 0.342 e. The van der Waals surface area contributed by atoms with Gasteiger partial charge in [-0.15, -0.1) is 0 Å². The summed E-state index contributed by atoms with van der Waals surface area (Å²) in [7, 11) is 0. The van der Waals surface area contributed by atoms with E-state index in [1.807, 2.05) is 0 Å². The van der Waals surface area contributed by atoms with Crippen LogP contribution < -0.4 is 0 Å². The Labute approximate surface area is 78.8 Å². The Morgan fingerprint density at radius 2 is 2.08 bits per heavy atom. The number of hydrogen-bond acceptors (Lipinski definition) is 3. The number of hydrogen-bond donors (Lipinski definition) is 1. The van der Waals surface area contributed by atoms with E-state index in [-0.39, 0.29) is 0 Å². The van der Waals surface area contributed by atoms with Crippen LogP contribution in [-0.2, 0) is 4.79 Å². The average Bonchev–Trinajstić information content (AvgIpc) is 1.97. The molecule has 0 unspecified atom stereocenters. The summed E-state index contributed by atoms with van der Waals surface area (Å²) in [5, 5.41) is 18.4. The largest absolute Gasteiger partial charge is 0.477 e. The molecule has 0 saturated carbocycles. The molecular weight excluding hydrogens is 198 g/mol. The van der Waals surface area contributed by atoms with Crippen molar-refractivity contribution in [1.29, 1.82) is 0 Å². The number of aliphatic carboxylic acids is 1. The smallest absolute Gasteiger partial charge is 0.342 e. The van der Waals surface area contributed by atoms with Crippen molar-refractivity contribution in [2.24, 2.45) is 0 Å². The van der Waals surface area contributed by atoms with Gasteiger partial charge in [-0.1, -0.05) is 24.8 Å². The summed E-state index contributed by atoms with van der Waals surface area (Å²) in [4.78, 5) is 19.9. The van der Waals surface area contributed by atoms with Gasteiger partial charge in [-0.2, -0.15) is 0 Å². The second kappa shape index (κ2) is 4.42. The molecule has 0 aliphatic carbocycles. The van der Waals surface area contributed by atoms with Gasteiger partial charge in [0.05, 0.1) is 4.92 Å². The van der Waals surface area contributed by atoms with E-state index in [1.54, 1.807) is 0 Å². The van der Waals surface area contributed by atoms with Gasteiger partial charge in [0.2, 0.25) is 0 Å². The van der Waals surface area contributed by atoms with Crippen LogP contribution in [-0.4, -0.2) is 16.0 Å². The van der Waals surface area contributed by atoms with E-state index >= 15 is 0 Å². The predicted octanol–water partition coefficient (Wildman–Crippen LogP) is 1.54. The molecule has 70 valence electrons. The zero-order valence-corrected chi connectivity index (χ0v) is 7.24. The number of carboxylic acid groups (broad SMARTS) is 1. The van der Waals surface area contributed by atoms with Gasteiger partial charge < -0.3 is 5.11 Å². The zero-order valence-electron chi connectivity index (χ0n) is 6.49. The fourth-order valence-electron chi connectivity index (χ4n) is 0.629. The van der Waals surface area contributed by atoms with Crippen molar-refractivity contribution in [3.05, 3.63) is 45.7 Å². The van der Waals surface area contributed by atoms with Gasteiger partial charge >= 0.3 is 11.7 Å². The molecule has 0 radical (unpaired) electrons. The topological polar surface area (TPSA) is 80.4 Å². The molecule has 0 aromatic heterocycles. The minimum absolute atomic E-state index is 0.442. The van der Waals surface area contributed by atoms with E-state index in [1.165, 1.54) is 0 Å². The van der Waals surface area contributed by atoms with E-state index in [2.05, 4.69) is 13.2 Å². The molecule has 0 rings (SSSR count). The number of rotatable bonds is 4. The summed E-state index contributed by atoms with van der Waals surface area (Å²) in [6.45, 7) is 6.21. The maximum atomic E-state index is 10.4. The first kappa shape index (κ1) is 11.4. The van der Waals surface area contributed by atoms with Crippen LogP contribution in [0, 0.1) is 10.1 Å². The quantitative estimate of drug-likeness (QED) is 0.325. The Morgan fingerprint density at radius 1 is 1.62 bits per heavy atom. The van der Waals surface area contributed by atoms with Crippen LogP contribution in [0.25, 0.3) is 0 Å². The second-order valence-electron chi connectivity index (χ2n) is 1.93. The van der Waals surface area contributed by atoms with Crippen LogP contribution in [0.1, 0.15) is 0 Å². The summed E-state index contributed by atoms with van der Waals surface area (Å²) in [6, 6.07) is 0. The fraction of sp³-hybridized carbons (Fsp3) is 0. The van der Waals surface area contributed by atoms with Gasteiger partial charge in [0, 0.05) is 0 Å². The van der Waals surface area contributed by atoms with Crippen molar-refractivity contribution >= 4 is 17.6 Å². The van der Waals surface area contributed by atoms with Crippen molar-refractivity contribution in [2.75, 3.05) is 0 Å². The van der Waals surface area contributed by atoms with E-state index in [9.17, 15) is 14.9 Å². The van der Waals surface area contributed by atoms with Gasteiger partial charge in [0.25, 0.3) is 0 Å². The van der Waals surface area contributed by atoms with E-state index in [0.29, 0.717) is 0 Å². The Balaban J connectivity index is 5.53. The third-order valence-corrected chi connectivity index (χ3v) is 1.31. The fourth-order valence-corrected chi connectivity index (χ4v) is 0.800. The molecule has 0 aliphatic heterocycles. The highest BCUT2D eigenvalue weighted by Crippen LogP contribution is 2.18. The third kappa shape index (κ3) is 2.72. The standard InChI is InChI=1S/C7H6ClNO4/c1-3-5(7(10)11)6(4(2)8)9(12)13/h3H,1-2H2,(H,10,11)/b6-5-. The second-order valence-corrected chi connectivity index (χ2v) is 2.39. The molecule has 0 aliphatic rings. The van der Waals surface area contributed by atoms with Gasteiger partial charge in [-0.3, -0.25) is 10.1 Å². The molecule has 0 fully saturated rings. The first-order chi connectivity index (χ1) is 5.91. The molecule has 0 atom stereocenters. The van der Waals surface area contributed by atoms with Gasteiger partial charge in [-0.25, -0.2) is 4.79 Å². The molecule has 0 aromatic carbocycles. The van der Waals surface area contributed by atoms with Crippen LogP contribution in [0.2, 0.25) is 0 Å². The lowest BCUT2D eigenvalue weighted by Gasteiger charge is -1.97. The summed E-state index contributed by atoms with van der Waals surface area (Å²) in [5.41, 5.74) is -1.32. The maximum absolute atomic E-state index is 10.4. The Morgan fingerprint density at radius 3 is 2.15 bits per heavy atom. The highest BCUT2D eigenvalue weighted by Gasteiger charge is 2.23. The van der Waals surface area contributed by atoms with Crippen LogP contribution >= 0.6 is 11.6 Å². The normalized spacial score (nSPS) is 11.5. The molecule has 0 bridgehead atoms. The average molecular weight is 204 g/mol. The number of carbonyl (C=O) groups is 1. The molecule has 0 spiro atoms. The van der Waals surface area contributed by atoms with Crippen molar-refractivity contribution in [3.63, 3.8) is 0 Å². The SMILES string of the molecule is C=C/C(C(=O)O)=C(\C(=C)Cl)[N+](=O)[O-]. The van der Waals surface area contributed by atoms with Crippen LogP contribution in [0.5, 0.6) is 0 Å². The minimum atomic E-state index is -1.47. The molecule has 0 heterocycles. The Hall–Kier alpha value is -1.62. The summed E-state index contributed by atoms with van der Waals surface area (Å²) >= 11 is 5.25. The first-order valence-corrected chi connectivity index (χ1v) is 3.38. The summed E-state index contributed by atoms with van der Waals surface area (Å²) in [6.07, 6.45) is 0.841. The van der Waals surface area contributed by atoms with Gasteiger partial charge in [0.1, 0.15) is 10.6 Å². The third-order valence-electron chi connectivity index (χ3n) is 1.13. The number of nitro groups is 1. The molecule has 0 aromatic rings. The van der Waals surface area contributed by atoms with E-state index in [4.69, 9.17) is 16.7 Å². The molecular formula is C7H6ClNO4. The molecule has 1 N–H and O–H groups in total. The zero-order chi connectivity index (χ0) is 10.6. The van der Waals surface area contributed by atoms with Crippen LogP contribution in [0.4, 0.5) is 0 Å². The lowest BCUT2D eigenvalue weighted by atomic mass is 10.2. The molecule has 0 saturated heterocycles. The number of carboxylic acids is 1. The lowest BCUT2D eigenvalue weighted by molar-refractivity contribution is -0.420. The monoisotopic (exact) mass is 203 g/mol.